The number of aliphatic carboxylic acids is 2. The van der Waals surface area contributed by atoms with Gasteiger partial charge in [0.25, 0.3) is 5.91 Å². The average Bonchev–Trinajstić information content (AvgIpc) is 2.75. The molecular formula is C15H13NO5S2. The number of benzene rings is 1. The Balaban J connectivity index is 2.24. The summed E-state index contributed by atoms with van der Waals surface area (Å²) in [7, 11) is 0. The van der Waals surface area contributed by atoms with Crippen LogP contribution in [0.15, 0.2) is 35.2 Å². The number of hydrogen-bond donors (Lipinski definition) is 2. The van der Waals surface area contributed by atoms with Crippen LogP contribution in [0.2, 0.25) is 0 Å². The minimum absolute atomic E-state index is 0.120. The van der Waals surface area contributed by atoms with Gasteiger partial charge in [-0.2, -0.15) is 0 Å². The molecule has 1 amide bonds. The minimum Gasteiger partial charge on any atom is -0.481 e. The van der Waals surface area contributed by atoms with Crippen molar-refractivity contribution in [3.8, 4) is 0 Å². The van der Waals surface area contributed by atoms with Crippen molar-refractivity contribution < 1.29 is 24.6 Å². The highest BCUT2D eigenvalue weighted by atomic mass is 32.2. The van der Waals surface area contributed by atoms with Crippen molar-refractivity contribution in [3.05, 3.63) is 40.8 Å². The second kappa shape index (κ2) is 7.38. The lowest BCUT2D eigenvalue weighted by atomic mass is 10.1. The van der Waals surface area contributed by atoms with Gasteiger partial charge in [0.2, 0.25) is 0 Å². The summed E-state index contributed by atoms with van der Waals surface area (Å²) < 4.78 is 0.120. The van der Waals surface area contributed by atoms with Crippen LogP contribution in [-0.2, 0) is 14.4 Å². The van der Waals surface area contributed by atoms with E-state index in [-0.39, 0.29) is 17.2 Å². The van der Waals surface area contributed by atoms with Gasteiger partial charge in [-0.3, -0.25) is 14.5 Å². The third-order valence-electron chi connectivity index (χ3n) is 3.15. The summed E-state index contributed by atoms with van der Waals surface area (Å²) in [6.07, 6.45) is 1.08. The molecule has 0 spiro atoms. The van der Waals surface area contributed by atoms with Gasteiger partial charge in [-0.25, -0.2) is 4.79 Å². The maximum atomic E-state index is 12.4. The summed E-state index contributed by atoms with van der Waals surface area (Å²) in [6.45, 7) is 0. The van der Waals surface area contributed by atoms with E-state index in [1.807, 2.05) is 30.3 Å². The molecule has 2 N–H and O–H groups in total. The zero-order valence-corrected chi connectivity index (χ0v) is 13.5. The highest BCUT2D eigenvalue weighted by Gasteiger charge is 2.40. The fourth-order valence-electron chi connectivity index (χ4n) is 2.07. The second-order valence-corrected chi connectivity index (χ2v) is 6.42. The predicted molar refractivity (Wildman–Crippen MR) is 89.7 cm³/mol. The Morgan fingerprint density at radius 1 is 1.26 bits per heavy atom. The van der Waals surface area contributed by atoms with Crippen LogP contribution >= 0.6 is 24.0 Å². The van der Waals surface area contributed by atoms with Gasteiger partial charge in [0, 0.05) is 6.42 Å². The van der Waals surface area contributed by atoms with Crippen LogP contribution < -0.4 is 0 Å². The van der Waals surface area contributed by atoms with Crippen LogP contribution in [0.4, 0.5) is 0 Å². The van der Waals surface area contributed by atoms with Crippen molar-refractivity contribution in [3.63, 3.8) is 0 Å². The maximum absolute atomic E-state index is 12.4. The van der Waals surface area contributed by atoms with Crippen LogP contribution in [-0.4, -0.2) is 43.3 Å². The Morgan fingerprint density at radius 2 is 1.91 bits per heavy atom. The van der Waals surface area contributed by atoms with Crippen molar-refractivity contribution in [2.45, 2.75) is 18.9 Å². The quantitative estimate of drug-likeness (QED) is 0.599. The van der Waals surface area contributed by atoms with Gasteiger partial charge in [0.05, 0.1) is 4.91 Å². The summed E-state index contributed by atoms with van der Waals surface area (Å²) in [5.41, 5.74) is 0.797. The number of thiocarbonyl (C=S) groups is 1. The zero-order chi connectivity index (χ0) is 17.0. The van der Waals surface area contributed by atoms with Crippen molar-refractivity contribution >= 4 is 52.2 Å². The van der Waals surface area contributed by atoms with Crippen LogP contribution in [0.1, 0.15) is 18.4 Å². The molecule has 120 valence electrons. The lowest BCUT2D eigenvalue weighted by molar-refractivity contribution is -0.146. The topological polar surface area (TPSA) is 94.9 Å². The SMILES string of the molecule is O=C(O)CC[C@H](C(=O)O)N1C(=O)/C(=C\c2ccccc2)SC1=S. The monoisotopic (exact) mass is 351 g/mol. The summed E-state index contributed by atoms with van der Waals surface area (Å²) >= 11 is 6.12. The van der Waals surface area contributed by atoms with E-state index in [2.05, 4.69) is 0 Å². The second-order valence-electron chi connectivity index (χ2n) is 4.75. The molecule has 1 aliphatic rings. The fraction of sp³-hybridized carbons (Fsp3) is 0.200. The van der Waals surface area contributed by atoms with E-state index in [1.54, 1.807) is 6.08 Å². The number of carboxylic acids is 2. The van der Waals surface area contributed by atoms with E-state index in [0.29, 0.717) is 4.91 Å². The normalized spacial score (nSPS) is 17.6. The summed E-state index contributed by atoms with van der Waals surface area (Å²) in [5, 5.41) is 18.0. The van der Waals surface area contributed by atoms with Crippen molar-refractivity contribution in [2.24, 2.45) is 0 Å². The summed E-state index contributed by atoms with van der Waals surface area (Å²) in [5.74, 6) is -2.91. The average molecular weight is 351 g/mol. The molecule has 1 aliphatic heterocycles. The van der Waals surface area contributed by atoms with E-state index in [9.17, 15) is 19.5 Å². The maximum Gasteiger partial charge on any atom is 0.326 e. The Labute approximate surface area is 141 Å². The molecule has 0 unspecified atom stereocenters. The van der Waals surface area contributed by atoms with Crippen LogP contribution in [0.3, 0.4) is 0 Å². The molecule has 8 heteroatoms. The standard InChI is InChI=1S/C15H13NO5S2/c17-12(18)7-6-10(14(20)21)16-13(19)11(23-15(16)22)8-9-4-2-1-3-5-9/h1-5,8,10H,6-7H2,(H,17,18)(H,20,21)/b11-8+/t10-/m1/s1. The van der Waals surface area contributed by atoms with Gasteiger partial charge in [0.15, 0.2) is 0 Å². The predicted octanol–water partition coefficient (Wildman–Crippen LogP) is 2.21. The minimum atomic E-state index is -1.28. The molecule has 1 aromatic rings. The Kier molecular flexibility index (Phi) is 5.51. The number of carboxylic acid groups (broad SMARTS) is 2. The van der Waals surface area contributed by atoms with Crippen LogP contribution in [0.5, 0.6) is 0 Å². The van der Waals surface area contributed by atoms with E-state index in [0.717, 1.165) is 22.2 Å². The highest BCUT2D eigenvalue weighted by molar-refractivity contribution is 8.26. The molecule has 0 aromatic heterocycles. The van der Waals surface area contributed by atoms with Crippen LogP contribution in [0.25, 0.3) is 6.08 Å². The molecule has 1 saturated heterocycles. The Bertz CT molecular complexity index is 686. The van der Waals surface area contributed by atoms with Crippen LogP contribution in [0, 0.1) is 0 Å². The van der Waals surface area contributed by atoms with Gasteiger partial charge in [0.1, 0.15) is 10.4 Å². The van der Waals surface area contributed by atoms with E-state index in [4.69, 9.17) is 17.3 Å². The molecule has 1 heterocycles. The fourth-order valence-corrected chi connectivity index (χ4v) is 3.43. The molecule has 0 radical (unpaired) electrons. The molecule has 0 aliphatic carbocycles. The molecule has 0 saturated carbocycles. The van der Waals surface area contributed by atoms with Gasteiger partial charge < -0.3 is 10.2 Å². The smallest absolute Gasteiger partial charge is 0.326 e. The first-order chi connectivity index (χ1) is 10.9. The summed E-state index contributed by atoms with van der Waals surface area (Å²) in [4.78, 5) is 35.8. The summed E-state index contributed by atoms with van der Waals surface area (Å²) in [6, 6.07) is 7.82. The molecule has 23 heavy (non-hydrogen) atoms. The van der Waals surface area contributed by atoms with E-state index in [1.165, 1.54) is 0 Å². The highest BCUT2D eigenvalue weighted by Crippen LogP contribution is 2.34. The number of carbonyl (C=O) groups is 3. The van der Waals surface area contributed by atoms with Crippen molar-refractivity contribution in [1.29, 1.82) is 0 Å². The Hall–Kier alpha value is -2.19. The molecular weight excluding hydrogens is 338 g/mol. The number of thioether (sulfide) groups is 1. The molecule has 1 atom stereocenters. The van der Waals surface area contributed by atoms with E-state index < -0.39 is 23.9 Å². The van der Waals surface area contributed by atoms with Crippen molar-refractivity contribution in [1.82, 2.24) is 4.90 Å². The lowest BCUT2D eigenvalue weighted by Crippen LogP contribution is -2.44. The van der Waals surface area contributed by atoms with Gasteiger partial charge >= 0.3 is 11.9 Å². The van der Waals surface area contributed by atoms with Gasteiger partial charge in [-0.1, -0.05) is 54.3 Å². The number of nitrogens with zero attached hydrogens (tertiary/aromatic N) is 1. The molecule has 0 bridgehead atoms. The van der Waals surface area contributed by atoms with Gasteiger partial charge in [-0.15, -0.1) is 0 Å². The molecule has 2 rings (SSSR count). The Morgan fingerprint density at radius 3 is 2.48 bits per heavy atom. The number of hydrogen-bond acceptors (Lipinski definition) is 5. The molecule has 1 aromatic carbocycles. The third-order valence-corrected chi connectivity index (χ3v) is 4.48. The first kappa shape index (κ1) is 17.2. The zero-order valence-electron chi connectivity index (χ0n) is 11.8. The first-order valence-electron chi connectivity index (χ1n) is 6.67. The molecule has 6 nitrogen and oxygen atoms in total. The van der Waals surface area contributed by atoms with Crippen molar-refractivity contribution in [2.75, 3.05) is 0 Å². The lowest BCUT2D eigenvalue weighted by Gasteiger charge is -2.22. The van der Waals surface area contributed by atoms with E-state index >= 15 is 0 Å². The van der Waals surface area contributed by atoms with Gasteiger partial charge in [-0.05, 0) is 18.1 Å². The number of amides is 1. The third kappa shape index (κ3) is 4.17. The number of carbonyl (C=O) groups excluding carboxylic acids is 1. The number of rotatable bonds is 6. The molecule has 1 fully saturated rings. The first-order valence-corrected chi connectivity index (χ1v) is 7.89. The largest absolute Gasteiger partial charge is 0.481 e.